The molecule has 1 aromatic carbocycles. The second kappa shape index (κ2) is 7.41. The van der Waals surface area contributed by atoms with Crippen LogP contribution in [0.1, 0.15) is 38.2 Å². The first-order valence-electron chi connectivity index (χ1n) is 10.0. The van der Waals surface area contributed by atoms with Crippen LogP contribution in [-0.2, 0) is 6.54 Å². The van der Waals surface area contributed by atoms with Crippen molar-refractivity contribution in [3.05, 3.63) is 48.0 Å². The fourth-order valence-electron chi connectivity index (χ4n) is 5.22. The van der Waals surface area contributed by atoms with Gasteiger partial charge in [-0.15, -0.1) is 0 Å². The number of hydrogen-bond acceptors (Lipinski definition) is 2. The SMILES string of the molecule is CCN(Cc1ccccc1)C1CCN(C[C@@H]2C[C@@H]3C=C[C@@H]2C3)CC1. The van der Waals surface area contributed by atoms with Crippen LogP contribution in [0, 0.1) is 17.8 Å². The topological polar surface area (TPSA) is 6.48 Å². The van der Waals surface area contributed by atoms with E-state index in [4.69, 9.17) is 0 Å². The summed E-state index contributed by atoms with van der Waals surface area (Å²) in [6.45, 7) is 8.54. The zero-order valence-electron chi connectivity index (χ0n) is 15.1. The highest BCUT2D eigenvalue weighted by Gasteiger charge is 2.37. The van der Waals surface area contributed by atoms with Crippen molar-refractivity contribution >= 4 is 0 Å². The average molecular weight is 325 g/mol. The normalized spacial score (nSPS) is 30.5. The first-order valence-corrected chi connectivity index (χ1v) is 10.0. The molecular weight excluding hydrogens is 292 g/mol. The van der Waals surface area contributed by atoms with Gasteiger partial charge >= 0.3 is 0 Å². The molecule has 3 aliphatic rings. The van der Waals surface area contributed by atoms with Gasteiger partial charge < -0.3 is 4.90 Å². The number of hydrogen-bond donors (Lipinski definition) is 0. The summed E-state index contributed by atoms with van der Waals surface area (Å²) in [6.07, 6.45) is 10.6. The number of benzene rings is 1. The van der Waals surface area contributed by atoms with E-state index < -0.39 is 0 Å². The largest absolute Gasteiger partial charge is 0.303 e. The van der Waals surface area contributed by atoms with E-state index in [-0.39, 0.29) is 0 Å². The Balaban J connectivity index is 1.26. The van der Waals surface area contributed by atoms with Crippen molar-refractivity contribution in [3.8, 4) is 0 Å². The van der Waals surface area contributed by atoms with Gasteiger partial charge in [0.05, 0.1) is 0 Å². The Morgan fingerprint density at radius 2 is 1.83 bits per heavy atom. The van der Waals surface area contributed by atoms with E-state index in [2.05, 4.69) is 59.2 Å². The van der Waals surface area contributed by atoms with E-state index in [0.717, 1.165) is 36.9 Å². The molecule has 24 heavy (non-hydrogen) atoms. The maximum Gasteiger partial charge on any atom is 0.0236 e. The summed E-state index contributed by atoms with van der Waals surface area (Å²) in [5, 5.41) is 0. The predicted octanol–water partition coefficient (Wildman–Crippen LogP) is 4.19. The van der Waals surface area contributed by atoms with Crippen LogP contribution in [0.25, 0.3) is 0 Å². The van der Waals surface area contributed by atoms with E-state index in [1.165, 1.54) is 50.9 Å². The highest BCUT2D eigenvalue weighted by Crippen LogP contribution is 2.43. The van der Waals surface area contributed by atoms with Crippen molar-refractivity contribution in [2.24, 2.45) is 17.8 Å². The zero-order valence-corrected chi connectivity index (χ0v) is 15.1. The van der Waals surface area contributed by atoms with Crippen LogP contribution >= 0.6 is 0 Å². The van der Waals surface area contributed by atoms with Crippen molar-refractivity contribution < 1.29 is 0 Å². The van der Waals surface area contributed by atoms with Gasteiger partial charge in [-0.1, -0.05) is 49.4 Å². The monoisotopic (exact) mass is 324 g/mol. The van der Waals surface area contributed by atoms with Crippen LogP contribution in [0.5, 0.6) is 0 Å². The third-order valence-electron chi connectivity index (χ3n) is 6.62. The van der Waals surface area contributed by atoms with Gasteiger partial charge in [0.2, 0.25) is 0 Å². The summed E-state index contributed by atoms with van der Waals surface area (Å²) in [6, 6.07) is 11.7. The molecule has 1 aliphatic heterocycles. The second-order valence-corrected chi connectivity index (χ2v) is 8.12. The lowest BCUT2D eigenvalue weighted by Crippen LogP contribution is -2.46. The summed E-state index contributed by atoms with van der Waals surface area (Å²) >= 11 is 0. The minimum Gasteiger partial charge on any atom is -0.303 e. The summed E-state index contributed by atoms with van der Waals surface area (Å²) in [7, 11) is 0. The lowest BCUT2D eigenvalue weighted by Gasteiger charge is -2.39. The van der Waals surface area contributed by atoms with Gasteiger partial charge in [-0.05, 0) is 68.6 Å². The Labute approximate surface area is 147 Å². The first kappa shape index (κ1) is 16.4. The van der Waals surface area contributed by atoms with E-state index in [1.807, 2.05) is 0 Å². The molecule has 130 valence electrons. The second-order valence-electron chi connectivity index (χ2n) is 8.12. The number of allylic oxidation sites excluding steroid dienone is 2. The lowest BCUT2D eigenvalue weighted by atomic mass is 9.92. The van der Waals surface area contributed by atoms with E-state index in [9.17, 15) is 0 Å². The number of fused-ring (bicyclic) bond motifs is 2. The molecule has 1 aromatic rings. The fourth-order valence-corrected chi connectivity index (χ4v) is 5.22. The Morgan fingerprint density at radius 1 is 1.04 bits per heavy atom. The third kappa shape index (κ3) is 3.60. The zero-order chi connectivity index (χ0) is 16.4. The molecular formula is C22H32N2. The van der Waals surface area contributed by atoms with E-state index in [0.29, 0.717) is 0 Å². The van der Waals surface area contributed by atoms with Crippen LogP contribution in [0.15, 0.2) is 42.5 Å². The number of nitrogens with zero attached hydrogens (tertiary/aromatic N) is 2. The van der Waals surface area contributed by atoms with Crippen LogP contribution in [0.3, 0.4) is 0 Å². The Bertz CT molecular complexity index is 544. The molecule has 3 atom stereocenters. The summed E-state index contributed by atoms with van der Waals surface area (Å²) < 4.78 is 0. The summed E-state index contributed by atoms with van der Waals surface area (Å²) in [5.74, 6) is 2.76. The Kier molecular flexibility index (Phi) is 5.05. The average Bonchev–Trinajstić information content (AvgIpc) is 3.24. The van der Waals surface area contributed by atoms with Crippen molar-refractivity contribution in [2.45, 2.75) is 45.2 Å². The van der Waals surface area contributed by atoms with Gasteiger partial charge in [0.1, 0.15) is 0 Å². The molecule has 0 unspecified atom stereocenters. The standard InChI is InChI=1S/C22H32N2/c1-2-24(16-18-6-4-3-5-7-18)22-10-12-23(13-11-22)17-21-15-19-8-9-20(21)14-19/h3-9,19-22H,2,10-17H2,1H3/t19-,20-,21+/m1/s1. The highest BCUT2D eigenvalue weighted by atomic mass is 15.2. The van der Waals surface area contributed by atoms with Gasteiger partial charge in [-0.3, -0.25) is 4.90 Å². The lowest BCUT2D eigenvalue weighted by molar-refractivity contribution is 0.0946. The highest BCUT2D eigenvalue weighted by molar-refractivity contribution is 5.14. The van der Waals surface area contributed by atoms with E-state index in [1.54, 1.807) is 0 Å². The molecule has 1 heterocycles. The van der Waals surface area contributed by atoms with Crippen LogP contribution < -0.4 is 0 Å². The number of rotatable bonds is 6. The third-order valence-corrected chi connectivity index (χ3v) is 6.62. The van der Waals surface area contributed by atoms with E-state index >= 15 is 0 Å². The molecule has 0 radical (unpaired) electrons. The van der Waals surface area contributed by atoms with Gasteiger partial charge in [-0.2, -0.15) is 0 Å². The molecule has 2 bridgehead atoms. The molecule has 0 spiro atoms. The molecule has 1 saturated heterocycles. The van der Waals surface area contributed by atoms with Crippen LogP contribution in [0.4, 0.5) is 0 Å². The molecule has 2 aliphatic carbocycles. The molecule has 0 aromatic heterocycles. The molecule has 2 heteroatoms. The summed E-state index contributed by atoms with van der Waals surface area (Å²) in [5.41, 5.74) is 1.45. The van der Waals surface area contributed by atoms with Crippen molar-refractivity contribution in [1.82, 2.24) is 9.80 Å². The van der Waals surface area contributed by atoms with Crippen molar-refractivity contribution in [1.29, 1.82) is 0 Å². The Hall–Kier alpha value is -1.12. The summed E-state index contributed by atoms with van der Waals surface area (Å²) in [4.78, 5) is 5.44. The minimum atomic E-state index is 0.770. The fraction of sp³-hybridized carbons (Fsp3) is 0.636. The predicted molar refractivity (Wildman–Crippen MR) is 101 cm³/mol. The van der Waals surface area contributed by atoms with Gasteiger partial charge in [0.15, 0.2) is 0 Å². The molecule has 0 N–H and O–H groups in total. The minimum absolute atomic E-state index is 0.770. The Morgan fingerprint density at radius 3 is 2.46 bits per heavy atom. The maximum atomic E-state index is 2.76. The molecule has 0 amide bonds. The van der Waals surface area contributed by atoms with Crippen molar-refractivity contribution in [2.75, 3.05) is 26.2 Å². The smallest absolute Gasteiger partial charge is 0.0236 e. The number of likely N-dealkylation sites (tertiary alicyclic amines) is 1. The van der Waals surface area contributed by atoms with Crippen LogP contribution in [0.2, 0.25) is 0 Å². The molecule has 1 saturated carbocycles. The number of piperidine rings is 1. The van der Waals surface area contributed by atoms with Gasteiger partial charge in [0, 0.05) is 19.1 Å². The van der Waals surface area contributed by atoms with Gasteiger partial charge in [0.25, 0.3) is 0 Å². The first-order chi connectivity index (χ1) is 11.8. The quantitative estimate of drug-likeness (QED) is 0.724. The molecule has 4 rings (SSSR count). The molecule has 2 fully saturated rings. The maximum absolute atomic E-state index is 2.76. The van der Waals surface area contributed by atoms with Gasteiger partial charge in [-0.25, -0.2) is 0 Å². The van der Waals surface area contributed by atoms with Crippen LogP contribution in [-0.4, -0.2) is 42.0 Å². The molecule has 2 nitrogen and oxygen atoms in total. The van der Waals surface area contributed by atoms with Crippen molar-refractivity contribution in [3.63, 3.8) is 0 Å².